The molecule has 0 radical (unpaired) electrons. The Bertz CT molecular complexity index is 23.0. The summed E-state index contributed by atoms with van der Waals surface area (Å²) in [5.41, 5.74) is 5.35. The molecule has 2 N–H and O–H groups in total. The first-order valence-electron chi connectivity index (χ1n) is 1.79. The quantitative estimate of drug-likeness (QED) is 0.327. The molecule has 0 aromatic heterocycles. The van der Waals surface area contributed by atoms with Crippen LogP contribution in [0.15, 0.2) is 0 Å². The van der Waals surface area contributed by atoms with Gasteiger partial charge in [-0.15, -0.1) is 0 Å². The van der Waals surface area contributed by atoms with Crippen LogP contribution in [-0.2, 0) is 0 Å². The van der Waals surface area contributed by atoms with E-state index in [1.807, 2.05) is 20.8 Å². The van der Waals surface area contributed by atoms with E-state index in [4.69, 9.17) is 5.73 Å². The topological polar surface area (TPSA) is 26.0 Å². The van der Waals surface area contributed by atoms with Crippen molar-refractivity contribution in [2.45, 2.75) is 26.3 Å². The van der Waals surface area contributed by atoms with Gasteiger partial charge in [0.1, 0.15) is 0 Å². The van der Waals surface area contributed by atoms with Gasteiger partial charge in [-0.1, -0.05) is 0 Å². The summed E-state index contributed by atoms with van der Waals surface area (Å²) in [5, 5.41) is 0. The largest absolute Gasteiger partial charge is 1.00 e. The minimum absolute atomic E-state index is 0. The molecule has 0 unspecified atom stereocenters. The van der Waals surface area contributed by atoms with Crippen molar-refractivity contribution < 1.29 is 18.9 Å². The second-order valence-electron chi connectivity index (χ2n) is 2.37. The molecule has 6 heavy (non-hydrogen) atoms. The van der Waals surface area contributed by atoms with Gasteiger partial charge in [0.05, 0.1) is 0 Å². The normalized spacial score (nSPS) is 10.0. The molecule has 32 valence electrons. The third-order valence-corrected chi connectivity index (χ3v) is 0. The third kappa shape index (κ3) is 186. The van der Waals surface area contributed by atoms with Crippen molar-refractivity contribution >= 4 is 0 Å². The summed E-state index contributed by atoms with van der Waals surface area (Å²) in [6.07, 6.45) is 0. The Morgan fingerprint density at radius 2 is 1.17 bits per heavy atom. The zero-order valence-corrected chi connectivity index (χ0v) is 5.08. The molecule has 2 heteroatoms. The maximum atomic E-state index is 5.35. The SMILES string of the molecule is CC(C)(C)N.[Li+]. The van der Waals surface area contributed by atoms with E-state index in [9.17, 15) is 0 Å². The molecule has 0 bridgehead atoms. The summed E-state index contributed by atoms with van der Waals surface area (Å²) in [5.74, 6) is 0. The van der Waals surface area contributed by atoms with Crippen LogP contribution in [0.5, 0.6) is 0 Å². The van der Waals surface area contributed by atoms with Crippen molar-refractivity contribution in [3.63, 3.8) is 0 Å². The Morgan fingerprint density at radius 1 is 1.17 bits per heavy atom. The first kappa shape index (κ1) is 9.75. The molecule has 0 saturated carbocycles. The predicted molar refractivity (Wildman–Crippen MR) is 23.9 cm³/mol. The van der Waals surface area contributed by atoms with Crippen LogP contribution in [-0.4, -0.2) is 5.54 Å². The summed E-state index contributed by atoms with van der Waals surface area (Å²) in [4.78, 5) is 0. The predicted octanol–water partition coefficient (Wildman–Crippen LogP) is -2.25. The Labute approximate surface area is 51.5 Å². The first-order chi connectivity index (χ1) is 2.00. The van der Waals surface area contributed by atoms with Gasteiger partial charge in [-0.25, -0.2) is 0 Å². The minimum atomic E-state index is 0. The second kappa shape index (κ2) is 2.68. The van der Waals surface area contributed by atoms with Crippen LogP contribution in [0.25, 0.3) is 0 Å². The Morgan fingerprint density at radius 3 is 1.17 bits per heavy atom. The molecule has 1 nitrogen and oxygen atoms in total. The van der Waals surface area contributed by atoms with Crippen molar-refractivity contribution in [2.24, 2.45) is 5.73 Å². The van der Waals surface area contributed by atoms with E-state index in [2.05, 4.69) is 0 Å². The second-order valence-corrected chi connectivity index (χ2v) is 2.37. The van der Waals surface area contributed by atoms with Gasteiger partial charge >= 0.3 is 18.9 Å². The van der Waals surface area contributed by atoms with E-state index >= 15 is 0 Å². The number of hydrogen-bond donors (Lipinski definition) is 1. The molecule has 0 aromatic rings. The Balaban J connectivity index is 0. The minimum Gasteiger partial charge on any atom is -0.326 e. The van der Waals surface area contributed by atoms with Crippen LogP contribution in [0.1, 0.15) is 20.8 Å². The van der Waals surface area contributed by atoms with Crippen molar-refractivity contribution in [3.8, 4) is 0 Å². The average Bonchev–Trinajstić information content (AvgIpc) is 0.722. The van der Waals surface area contributed by atoms with Crippen molar-refractivity contribution in [1.82, 2.24) is 0 Å². The number of nitrogens with two attached hydrogens (primary N) is 1. The van der Waals surface area contributed by atoms with Crippen LogP contribution in [0.3, 0.4) is 0 Å². The number of hydrogen-bond acceptors (Lipinski definition) is 1. The summed E-state index contributed by atoms with van der Waals surface area (Å²) in [6, 6.07) is 0. The molecule has 0 amide bonds. The Kier molecular flexibility index (Phi) is 4.36. The van der Waals surface area contributed by atoms with E-state index in [0.29, 0.717) is 0 Å². The van der Waals surface area contributed by atoms with Crippen LogP contribution in [0.2, 0.25) is 0 Å². The molecule has 0 saturated heterocycles. The van der Waals surface area contributed by atoms with Gasteiger partial charge in [0.15, 0.2) is 0 Å². The van der Waals surface area contributed by atoms with Gasteiger partial charge < -0.3 is 5.73 Å². The molecule has 0 aliphatic heterocycles. The molecule has 0 atom stereocenters. The third-order valence-electron chi connectivity index (χ3n) is 0. The van der Waals surface area contributed by atoms with E-state index in [1.54, 1.807) is 0 Å². The van der Waals surface area contributed by atoms with E-state index < -0.39 is 0 Å². The molecule has 0 rings (SSSR count). The average molecular weight is 80.1 g/mol. The van der Waals surface area contributed by atoms with E-state index in [0.717, 1.165) is 0 Å². The zero-order valence-electron chi connectivity index (χ0n) is 5.08. The summed E-state index contributed by atoms with van der Waals surface area (Å²) < 4.78 is 0. The molecule has 0 aliphatic carbocycles. The summed E-state index contributed by atoms with van der Waals surface area (Å²) in [7, 11) is 0. The molecule has 0 spiro atoms. The summed E-state index contributed by atoms with van der Waals surface area (Å²) in [6.45, 7) is 5.90. The van der Waals surface area contributed by atoms with Gasteiger partial charge in [0.25, 0.3) is 0 Å². The molecule has 0 aliphatic rings. The van der Waals surface area contributed by atoms with Crippen molar-refractivity contribution in [2.75, 3.05) is 0 Å². The van der Waals surface area contributed by atoms with Crippen LogP contribution in [0, 0.1) is 0 Å². The summed E-state index contributed by atoms with van der Waals surface area (Å²) >= 11 is 0. The molecule has 0 heterocycles. The van der Waals surface area contributed by atoms with Gasteiger partial charge in [0.2, 0.25) is 0 Å². The first-order valence-corrected chi connectivity index (χ1v) is 1.79. The van der Waals surface area contributed by atoms with Gasteiger partial charge in [-0.2, -0.15) is 0 Å². The van der Waals surface area contributed by atoms with Crippen molar-refractivity contribution in [3.05, 3.63) is 0 Å². The van der Waals surface area contributed by atoms with E-state index in [1.165, 1.54) is 0 Å². The fraction of sp³-hybridized carbons (Fsp3) is 1.00. The fourth-order valence-electron chi connectivity index (χ4n) is 0. The van der Waals surface area contributed by atoms with Crippen LogP contribution >= 0.6 is 0 Å². The standard InChI is InChI=1S/C4H11N.Li/c1-4(2,3)5;/h5H2,1-3H3;/q;+1. The number of rotatable bonds is 0. The Hall–Kier alpha value is 0.557. The molecular weight excluding hydrogens is 69.0 g/mol. The van der Waals surface area contributed by atoms with Gasteiger partial charge in [-0.05, 0) is 20.8 Å². The van der Waals surface area contributed by atoms with Gasteiger partial charge in [-0.3, -0.25) is 0 Å². The smallest absolute Gasteiger partial charge is 0.326 e. The van der Waals surface area contributed by atoms with Crippen LogP contribution in [0.4, 0.5) is 0 Å². The monoisotopic (exact) mass is 80.1 g/mol. The molecule has 0 aromatic carbocycles. The fourth-order valence-corrected chi connectivity index (χ4v) is 0. The van der Waals surface area contributed by atoms with E-state index in [-0.39, 0.29) is 24.4 Å². The maximum absolute atomic E-state index is 5.35. The zero-order chi connectivity index (χ0) is 4.50. The van der Waals surface area contributed by atoms with Gasteiger partial charge in [0, 0.05) is 5.54 Å². The van der Waals surface area contributed by atoms with Crippen molar-refractivity contribution in [1.29, 1.82) is 0 Å². The van der Waals surface area contributed by atoms with Crippen LogP contribution < -0.4 is 24.6 Å². The molecular formula is C4H11LiN+. The molecule has 0 fully saturated rings. The maximum Gasteiger partial charge on any atom is 1.00 e.